The highest BCUT2D eigenvalue weighted by Gasteiger charge is 2.33. The summed E-state index contributed by atoms with van der Waals surface area (Å²) in [6.45, 7) is 5.24. The monoisotopic (exact) mass is 355 g/mol. The largest absolute Gasteiger partial charge is 0.497 e. The summed E-state index contributed by atoms with van der Waals surface area (Å²) in [4.78, 5) is 18.7. The first-order valence-electron chi connectivity index (χ1n) is 9.86. The quantitative estimate of drug-likeness (QED) is 0.883. The summed E-state index contributed by atoms with van der Waals surface area (Å²) >= 11 is 0. The molecule has 2 aromatic rings. The van der Waals surface area contributed by atoms with Crippen LogP contribution in [0.4, 0.5) is 0 Å². The second-order valence-corrected chi connectivity index (χ2v) is 7.75. The van der Waals surface area contributed by atoms with Gasteiger partial charge in [0.2, 0.25) is 0 Å². The number of fused-ring (bicyclic) bond motifs is 2. The lowest BCUT2D eigenvalue weighted by molar-refractivity contribution is 0.0575. The fourth-order valence-electron chi connectivity index (χ4n) is 4.79. The summed E-state index contributed by atoms with van der Waals surface area (Å²) < 4.78 is 5.31. The van der Waals surface area contributed by atoms with Crippen molar-refractivity contribution in [3.8, 4) is 5.75 Å². The lowest BCUT2D eigenvalue weighted by Crippen LogP contribution is -2.51. The Morgan fingerprint density at radius 1 is 1.27 bits per heavy atom. The van der Waals surface area contributed by atoms with Crippen LogP contribution < -0.4 is 10.1 Å². The number of hydrogen-bond donors (Lipinski definition) is 2. The van der Waals surface area contributed by atoms with Gasteiger partial charge in [-0.3, -0.25) is 4.79 Å². The van der Waals surface area contributed by atoms with E-state index in [4.69, 9.17) is 4.74 Å². The minimum atomic E-state index is 0.00518. The molecule has 0 spiro atoms. The van der Waals surface area contributed by atoms with E-state index in [0.717, 1.165) is 28.8 Å². The maximum Gasteiger partial charge on any atom is 0.268 e. The number of benzene rings is 1. The van der Waals surface area contributed by atoms with E-state index in [1.165, 1.54) is 45.2 Å². The van der Waals surface area contributed by atoms with Gasteiger partial charge in [-0.25, -0.2) is 0 Å². The number of nitrogens with zero attached hydrogens (tertiary/aromatic N) is 1. The molecule has 0 saturated carbocycles. The fraction of sp³-hybridized carbons (Fsp3) is 0.571. The summed E-state index contributed by atoms with van der Waals surface area (Å²) in [5.74, 6) is 1.40. The number of aryl methyl sites for hydroxylation is 1. The maximum absolute atomic E-state index is 12.8. The Kier molecular flexibility index (Phi) is 4.90. The second kappa shape index (κ2) is 7.31. The molecule has 1 aromatic carbocycles. The van der Waals surface area contributed by atoms with E-state index in [0.29, 0.717) is 17.7 Å². The standard InChI is InChI=1S/C21H29N3O2/c1-14-17-12-16(26-2)8-9-18(17)23-20(14)21(25)22-13-15-6-5-11-24-10-4-3-7-19(15)24/h8-9,12,15,19,23H,3-7,10-11,13H2,1-2H3,(H,22,25)/t15-,19+/m1/s1. The lowest BCUT2D eigenvalue weighted by Gasteiger charge is -2.44. The average Bonchev–Trinajstić information content (AvgIpc) is 3.02. The van der Waals surface area contributed by atoms with Crippen LogP contribution in [-0.4, -0.2) is 48.6 Å². The number of hydrogen-bond acceptors (Lipinski definition) is 3. The fourth-order valence-corrected chi connectivity index (χ4v) is 4.79. The molecule has 4 rings (SSSR count). The zero-order chi connectivity index (χ0) is 18.1. The third kappa shape index (κ3) is 3.20. The second-order valence-electron chi connectivity index (χ2n) is 7.75. The minimum absolute atomic E-state index is 0.00518. The Morgan fingerprint density at radius 3 is 2.96 bits per heavy atom. The van der Waals surface area contributed by atoms with Gasteiger partial charge in [0, 0.05) is 23.5 Å². The number of aromatic nitrogens is 1. The minimum Gasteiger partial charge on any atom is -0.497 e. The van der Waals surface area contributed by atoms with Crippen LogP contribution in [0.2, 0.25) is 0 Å². The molecule has 1 amide bonds. The van der Waals surface area contributed by atoms with Crippen LogP contribution in [0, 0.1) is 12.8 Å². The molecule has 2 saturated heterocycles. The van der Waals surface area contributed by atoms with Crippen molar-refractivity contribution in [1.82, 2.24) is 15.2 Å². The molecule has 2 N–H and O–H groups in total. The molecule has 26 heavy (non-hydrogen) atoms. The summed E-state index contributed by atoms with van der Waals surface area (Å²) in [6, 6.07) is 6.53. The number of amides is 1. The number of nitrogens with one attached hydrogen (secondary N) is 2. The first kappa shape index (κ1) is 17.4. The predicted octanol–water partition coefficient (Wildman–Crippen LogP) is 3.48. The van der Waals surface area contributed by atoms with E-state index < -0.39 is 0 Å². The Hall–Kier alpha value is -2.01. The van der Waals surface area contributed by atoms with Gasteiger partial charge in [-0.1, -0.05) is 6.42 Å². The van der Waals surface area contributed by atoms with E-state index in [2.05, 4.69) is 15.2 Å². The predicted molar refractivity (Wildman–Crippen MR) is 104 cm³/mol. The molecule has 5 nitrogen and oxygen atoms in total. The van der Waals surface area contributed by atoms with Crippen LogP contribution in [0.3, 0.4) is 0 Å². The summed E-state index contributed by atoms with van der Waals surface area (Å²) in [5, 5.41) is 4.25. The third-order valence-electron chi connectivity index (χ3n) is 6.25. The van der Waals surface area contributed by atoms with Gasteiger partial charge >= 0.3 is 0 Å². The Balaban J connectivity index is 1.46. The number of aromatic amines is 1. The zero-order valence-electron chi connectivity index (χ0n) is 15.8. The Labute approximate surface area is 155 Å². The number of carbonyl (C=O) groups excluding carboxylic acids is 1. The Morgan fingerprint density at radius 2 is 2.12 bits per heavy atom. The molecule has 0 bridgehead atoms. The summed E-state index contributed by atoms with van der Waals surface area (Å²) in [6.07, 6.45) is 6.42. The van der Waals surface area contributed by atoms with Crippen LogP contribution in [0.1, 0.15) is 48.2 Å². The molecule has 2 aliphatic heterocycles. The van der Waals surface area contributed by atoms with Crippen LogP contribution in [-0.2, 0) is 0 Å². The van der Waals surface area contributed by atoms with Gasteiger partial charge in [0.15, 0.2) is 0 Å². The normalized spacial score (nSPS) is 23.6. The van der Waals surface area contributed by atoms with Crippen molar-refractivity contribution in [3.63, 3.8) is 0 Å². The van der Waals surface area contributed by atoms with Crippen molar-refractivity contribution in [2.75, 3.05) is 26.7 Å². The van der Waals surface area contributed by atoms with Crippen LogP contribution in [0.25, 0.3) is 10.9 Å². The van der Waals surface area contributed by atoms with Gasteiger partial charge in [0.25, 0.3) is 5.91 Å². The molecule has 2 aliphatic rings. The van der Waals surface area contributed by atoms with Gasteiger partial charge in [0.1, 0.15) is 11.4 Å². The van der Waals surface area contributed by atoms with Crippen molar-refractivity contribution in [3.05, 3.63) is 29.5 Å². The van der Waals surface area contributed by atoms with E-state index in [1.807, 2.05) is 25.1 Å². The van der Waals surface area contributed by atoms with Crippen molar-refractivity contribution in [1.29, 1.82) is 0 Å². The highest BCUT2D eigenvalue weighted by molar-refractivity contribution is 6.01. The molecular weight excluding hydrogens is 326 g/mol. The molecule has 140 valence electrons. The number of methoxy groups -OCH3 is 1. The van der Waals surface area contributed by atoms with Gasteiger partial charge in [0.05, 0.1) is 7.11 Å². The molecule has 0 unspecified atom stereocenters. The smallest absolute Gasteiger partial charge is 0.268 e. The topological polar surface area (TPSA) is 57.4 Å². The molecule has 5 heteroatoms. The first-order valence-corrected chi connectivity index (χ1v) is 9.86. The van der Waals surface area contributed by atoms with E-state index in [1.54, 1.807) is 7.11 Å². The first-order chi connectivity index (χ1) is 12.7. The van der Waals surface area contributed by atoms with Gasteiger partial charge in [-0.05, 0) is 75.4 Å². The van der Waals surface area contributed by atoms with E-state index in [-0.39, 0.29) is 5.91 Å². The lowest BCUT2D eigenvalue weighted by atomic mass is 9.83. The highest BCUT2D eigenvalue weighted by atomic mass is 16.5. The number of carbonyl (C=O) groups is 1. The molecule has 2 atom stereocenters. The van der Waals surface area contributed by atoms with Crippen molar-refractivity contribution >= 4 is 16.8 Å². The Bertz CT molecular complexity index is 796. The van der Waals surface area contributed by atoms with Crippen molar-refractivity contribution in [2.45, 2.75) is 45.1 Å². The van der Waals surface area contributed by atoms with Gasteiger partial charge in [-0.15, -0.1) is 0 Å². The van der Waals surface area contributed by atoms with Crippen molar-refractivity contribution < 1.29 is 9.53 Å². The molecule has 2 fully saturated rings. The maximum atomic E-state index is 12.8. The third-order valence-corrected chi connectivity index (χ3v) is 6.25. The van der Waals surface area contributed by atoms with Crippen LogP contribution in [0.5, 0.6) is 5.75 Å². The summed E-state index contributed by atoms with van der Waals surface area (Å²) in [5.41, 5.74) is 2.63. The number of ether oxygens (including phenoxy) is 1. The van der Waals surface area contributed by atoms with Crippen LogP contribution in [0.15, 0.2) is 18.2 Å². The van der Waals surface area contributed by atoms with Crippen LogP contribution >= 0.6 is 0 Å². The molecule has 0 aliphatic carbocycles. The molecule has 1 aromatic heterocycles. The molecule has 0 radical (unpaired) electrons. The van der Waals surface area contributed by atoms with Crippen molar-refractivity contribution in [2.24, 2.45) is 5.92 Å². The average molecular weight is 355 g/mol. The van der Waals surface area contributed by atoms with E-state index >= 15 is 0 Å². The highest BCUT2D eigenvalue weighted by Crippen LogP contribution is 2.31. The zero-order valence-corrected chi connectivity index (χ0v) is 15.8. The van der Waals surface area contributed by atoms with E-state index in [9.17, 15) is 4.79 Å². The number of H-pyrrole nitrogens is 1. The van der Waals surface area contributed by atoms with Gasteiger partial charge < -0.3 is 19.9 Å². The molecular formula is C21H29N3O2. The number of piperidine rings is 2. The summed E-state index contributed by atoms with van der Waals surface area (Å²) in [7, 11) is 1.66. The number of rotatable bonds is 4. The van der Waals surface area contributed by atoms with Gasteiger partial charge in [-0.2, -0.15) is 0 Å². The SMILES string of the molecule is COc1ccc2[nH]c(C(=O)NC[C@H]3CCCN4CCCC[C@@H]34)c(C)c2c1. The molecule has 3 heterocycles.